The van der Waals surface area contributed by atoms with Crippen LogP contribution in [0.25, 0.3) is 0 Å². The number of hydrogen-bond donors (Lipinski definition) is 1. The number of nitrogens with zero attached hydrogens (tertiary/aromatic N) is 1. The Kier molecular flexibility index (Phi) is 5.55. The molecule has 1 unspecified atom stereocenters. The predicted molar refractivity (Wildman–Crippen MR) is 82.2 cm³/mol. The van der Waals surface area contributed by atoms with Crippen molar-refractivity contribution in [3.8, 4) is 0 Å². The Morgan fingerprint density at radius 2 is 1.80 bits per heavy atom. The molecule has 0 amide bonds. The van der Waals surface area contributed by atoms with E-state index in [1.54, 1.807) is 12.1 Å². The van der Waals surface area contributed by atoms with Crippen LogP contribution < -0.4 is 5.32 Å². The Morgan fingerprint density at radius 1 is 1.20 bits per heavy atom. The van der Waals surface area contributed by atoms with Gasteiger partial charge in [0.1, 0.15) is 5.82 Å². The minimum Gasteiger partial charge on any atom is -0.317 e. The van der Waals surface area contributed by atoms with E-state index in [9.17, 15) is 4.39 Å². The summed E-state index contributed by atoms with van der Waals surface area (Å²) in [6.45, 7) is 7.89. The highest BCUT2D eigenvalue weighted by Crippen LogP contribution is 2.29. The summed E-state index contributed by atoms with van der Waals surface area (Å²) < 4.78 is 13.1. The maximum atomic E-state index is 13.1. The fraction of sp³-hybridized carbons (Fsp3) is 0.647. The van der Waals surface area contributed by atoms with E-state index in [0.717, 1.165) is 25.6 Å². The number of nitrogens with one attached hydrogen (secondary N) is 1. The van der Waals surface area contributed by atoms with E-state index < -0.39 is 0 Å². The van der Waals surface area contributed by atoms with Crippen molar-refractivity contribution in [2.24, 2.45) is 11.8 Å². The second-order valence-electron chi connectivity index (χ2n) is 6.37. The Bertz CT molecular complexity index is 396. The Morgan fingerprint density at radius 3 is 2.35 bits per heavy atom. The van der Waals surface area contributed by atoms with Gasteiger partial charge in [-0.3, -0.25) is 4.90 Å². The maximum Gasteiger partial charge on any atom is 0.123 e. The van der Waals surface area contributed by atoms with Crippen LogP contribution in [0.2, 0.25) is 0 Å². The van der Waals surface area contributed by atoms with Gasteiger partial charge in [-0.25, -0.2) is 4.39 Å². The lowest BCUT2D eigenvalue weighted by Gasteiger charge is -2.35. The van der Waals surface area contributed by atoms with Gasteiger partial charge in [0.15, 0.2) is 0 Å². The van der Waals surface area contributed by atoms with Gasteiger partial charge in [-0.15, -0.1) is 0 Å². The lowest BCUT2D eigenvalue weighted by molar-refractivity contribution is 0.152. The fourth-order valence-corrected chi connectivity index (χ4v) is 3.39. The van der Waals surface area contributed by atoms with Crippen LogP contribution in [0, 0.1) is 17.7 Å². The number of hydrogen-bond acceptors (Lipinski definition) is 2. The number of piperidine rings is 1. The van der Waals surface area contributed by atoms with Crippen LogP contribution in [-0.2, 0) is 0 Å². The van der Waals surface area contributed by atoms with Gasteiger partial charge in [0.2, 0.25) is 0 Å². The number of benzene rings is 1. The molecule has 20 heavy (non-hydrogen) atoms. The molecule has 0 bridgehead atoms. The predicted octanol–water partition coefficient (Wildman–Crippen LogP) is 3.45. The summed E-state index contributed by atoms with van der Waals surface area (Å²) in [5.74, 6) is 1.15. The zero-order valence-corrected chi connectivity index (χ0v) is 12.9. The second kappa shape index (κ2) is 7.19. The summed E-state index contributed by atoms with van der Waals surface area (Å²) in [6.07, 6.45) is 2.52. The molecule has 1 atom stereocenters. The molecule has 112 valence electrons. The molecule has 0 radical (unpaired) electrons. The molecular weight excluding hydrogens is 251 g/mol. The molecule has 2 nitrogen and oxygen atoms in total. The summed E-state index contributed by atoms with van der Waals surface area (Å²) in [4.78, 5) is 2.45. The first-order valence-electron chi connectivity index (χ1n) is 7.74. The molecule has 1 aromatic rings. The molecule has 1 aliphatic rings. The van der Waals surface area contributed by atoms with Crippen molar-refractivity contribution in [2.75, 3.05) is 26.7 Å². The quantitative estimate of drug-likeness (QED) is 0.887. The van der Waals surface area contributed by atoms with Gasteiger partial charge in [-0.1, -0.05) is 26.0 Å². The minimum atomic E-state index is -0.155. The summed E-state index contributed by atoms with van der Waals surface area (Å²) in [5.41, 5.74) is 1.22. The maximum absolute atomic E-state index is 13.1. The third kappa shape index (κ3) is 4.03. The summed E-state index contributed by atoms with van der Waals surface area (Å²) in [5, 5.41) is 3.42. The molecule has 0 saturated carbocycles. The van der Waals surface area contributed by atoms with Gasteiger partial charge in [-0.2, -0.15) is 0 Å². The molecule has 1 N–H and O–H groups in total. The number of halogens is 1. The van der Waals surface area contributed by atoms with Crippen molar-refractivity contribution in [1.29, 1.82) is 0 Å². The average molecular weight is 278 g/mol. The molecule has 1 fully saturated rings. The van der Waals surface area contributed by atoms with Crippen LogP contribution in [0.4, 0.5) is 4.39 Å². The standard InChI is InChI=1S/C17H27FN2/c1-13(2)17(15-4-6-16(18)7-5-15)20(3)12-14-8-10-19-11-9-14/h4-7,13-14,17,19H,8-12H2,1-3H3. The Labute approximate surface area is 122 Å². The van der Waals surface area contributed by atoms with Gasteiger partial charge in [0, 0.05) is 12.6 Å². The lowest BCUT2D eigenvalue weighted by Crippen LogP contribution is -2.37. The largest absolute Gasteiger partial charge is 0.317 e. The zero-order chi connectivity index (χ0) is 14.5. The molecule has 1 aliphatic heterocycles. The van der Waals surface area contributed by atoms with Crippen molar-refractivity contribution < 1.29 is 4.39 Å². The Hall–Kier alpha value is -0.930. The third-order valence-corrected chi connectivity index (χ3v) is 4.32. The zero-order valence-electron chi connectivity index (χ0n) is 12.9. The Balaban J connectivity index is 2.05. The van der Waals surface area contributed by atoms with Gasteiger partial charge >= 0.3 is 0 Å². The molecular formula is C17H27FN2. The third-order valence-electron chi connectivity index (χ3n) is 4.32. The molecule has 3 heteroatoms. The molecule has 0 aliphatic carbocycles. The average Bonchev–Trinajstić information content (AvgIpc) is 2.42. The van der Waals surface area contributed by atoms with Crippen molar-refractivity contribution in [2.45, 2.75) is 32.7 Å². The highest BCUT2D eigenvalue weighted by atomic mass is 19.1. The molecule has 0 aromatic heterocycles. The monoisotopic (exact) mass is 278 g/mol. The number of rotatable bonds is 5. The van der Waals surface area contributed by atoms with Gasteiger partial charge in [0.05, 0.1) is 0 Å². The van der Waals surface area contributed by atoms with E-state index in [0.29, 0.717) is 12.0 Å². The first-order chi connectivity index (χ1) is 9.58. The lowest BCUT2D eigenvalue weighted by atomic mass is 9.92. The van der Waals surface area contributed by atoms with Crippen molar-refractivity contribution >= 4 is 0 Å². The highest BCUT2D eigenvalue weighted by molar-refractivity contribution is 5.20. The van der Waals surface area contributed by atoms with E-state index in [1.165, 1.54) is 18.4 Å². The van der Waals surface area contributed by atoms with Crippen LogP contribution in [0.1, 0.15) is 38.3 Å². The van der Waals surface area contributed by atoms with Gasteiger partial charge < -0.3 is 5.32 Å². The van der Waals surface area contributed by atoms with Crippen molar-refractivity contribution in [1.82, 2.24) is 10.2 Å². The van der Waals surface area contributed by atoms with Gasteiger partial charge in [-0.05, 0) is 62.5 Å². The van der Waals surface area contributed by atoms with E-state index in [4.69, 9.17) is 0 Å². The summed E-state index contributed by atoms with van der Waals surface area (Å²) in [6, 6.07) is 7.37. The van der Waals surface area contributed by atoms with Crippen LogP contribution in [0.15, 0.2) is 24.3 Å². The van der Waals surface area contributed by atoms with Crippen LogP contribution in [0.3, 0.4) is 0 Å². The fourth-order valence-electron chi connectivity index (χ4n) is 3.39. The summed E-state index contributed by atoms with van der Waals surface area (Å²) >= 11 is 0. The normalized spacial score (nSPS) is 18.7. The van der Waals surface area contributed by atoms with Crippen molar-refractivity contribution in [3.05, 3.63) is 35.6 Å². The molecule has 2 rings (SSSR count). The van der Waals surface area contributed by atoms with Crippen LogP contribution in [0.5, 0.6) is 0 Å². The minimum absolute atomic E-state index is 0.155. The van der Waals surface area contributed by atoms with E-state index in [1.807, 2.05) is 12.1 Å². The van der Waals surface area contributed by atoms with E-state index in [-0.39, 0.29) is 5.82 Å². The van der Waals surface area contributed by atoms with Gasteiger partial charge in [0.25, 0.3) is 0 Å². The highest BCUT2D eigenvalue weighted by Gasteiger charge is 2.24. The van der Waals surface area contributed by atoms with Crippen LogP contribution >= 0.6 is 0 Å². The molecule has 1 heterocycles. The molecule has 0 spiro atoms. The summed E-state index contributed by atoms with van der Waals surface area (Å²) in [7, 11) is 2.20. The first-order valence-corrected chi connectivity index (χ1v) is 7.74. The van der Waals surface area contributed by atoms with E-state index in [2.05, 4.69) is 31.1 Å². The smallest absolute Gasteiger partial charge is 0.123 e. The van der Waals surface area contributed by atoms with Crippen molar-refractivity contribution in [3.63, 3.8) is 0 Å². The molecule has 1 saturated heterocycles. The SMILES string of the molecule is CC(C)C(c1ccc(F)cc1)N(C)CC1CCNCC1. The van der Waals surface area contributed by atoms with E-state index >= 15 is 0 Å². The second-order valence-corrected chi connectivity index (χ2v) is 6.37. The first kappa shape index (κ1) is 15.5. The van der Waals surface area contributed by atoms with Crippen LogP contribution in [-0.4, -0.2) is 31.6 Å². The molecule has 1 aromatic carbocycles. The topological polar surface area (TPSA) is 15.3 Å².